The lowest BCUT2D eigenvalue weighted by Crippen LogP contribution is -2.24. The molecule has 0 aliphatic rings. The molecule has 2 aromatic rings. The third-order valence-electron chi connectivity index (χ3n) is 3.09. The second kappa shape index (κ2) is 4.92. The minimum Gasteiger partial charge on any atom is -0.459 e. The first kappa shape index (κ1) is 12.2. The van der Waals surface area contributed by atoms with Crippen LogP contribution in [0, 0.1) is 12.8 Å². The van der Waals surface area contributed by atoms with Crippen LogP contribution in [-0.4, -0.2) is 6.54 Å². The van der Waals surface area contributed by atoms with Gasteiger partial charge in [0.2, 0.25) is 0 Å². The average molecular weight is 231 g/mol. The fourth-order valence-corrected chi connectivity index (χ4v) is 2.22. The van der Waals surface area contributed by atoms with Crippen LogP contribution in [0.2, 0.25) is 0 Å². The zero-order valence-electron chi connectivity index (χ0n) is 11.1. The van der Waals surface area contributed by atoms with E-state index in [2.05, 4.69) is 57.3 Å². The Morgan fingerprint density at radius 1 is 1.24 bits per heavy atom. The first-order valence-corrected chi connectivity index (χ1v) is 6.35. The third kappa shape index (κ3) is 2.52. The first-order chi connectivity index (χ1) is 8.11. The van der Waals surface area contributed by atoms with Crippen LogP contribution in [0.4, 0.5) is 0 Å². The molecule has 0 fully saturated rings. The van der Waals surface area contributed by atoms with Crippen molar-refractivity contribution in [1.82, 2.24) is 5.32 Å². The number of aryl methyl sites for hydroxylation is 1. The van der Waals surface area contributed by atoms with Crippen LogP contribution in [-0.2, 0) is 0 Å². The Bertz CT molecular complexity index is 499. The molecule has 17 heavy (non-hydrogen) atoms. The van der Waals surface area contributed by atoms with Gasteiger partial charge in [0.05, 0.1) is 6.04 Å². The quantitative estimate of drug-likeness (QED) is 0.858. The van der Waals surface area contributed by atoms with Crippen LogP contribution in [0.3, 0.4) is 0 Å². The summed E-state index contributed by atoms with van der Waals surface area (Å²) < 4.78 is 5.94. The Balaban J connectivity index is 2.40. The normalized spacial score (nSPS) is 13.5. The van der Waals surface area contributed by atoms with E-state index in [4.69, 9.17) is 4.42 Å². The monoisotopic (exact) mass is 231 g/mol. The molecule has 2 heteroatoms. The van der Waals surface area contributed by atoms with Crippen molar-refractivity contribution in [3.63, 3.8) is 0 Å². The van der Waals surface area contributed by atoms with Crippen LogP contribution in [0.1, 0.15) is 38.1 Å². The molecule has 0 aliphatic carbocycles. The summed E-state index contributed by atoms with van der Waals surface area (Å²) in [5.41, 5.74) is 2.25. The summed E-state index contributed by atoms with van der Waals surface area (Å²) in [6.45, 7) is 9.62. The number of rotatable bonds is 4. The summed E-state index contributed by atoms with van der Waals surface area (Å²) in [7, 11) is 0. The van der Waals surface area contributed by atoms with Crippen molar-refractivity contribution in [1.29, 1.82) is 0 Å². The molecule has 0 spiro atoms. The van der Waals surface area contributed by atoms with Gasteiger partial charge in [-0.3, -0.25) is 0 Å². The SMILES string of the molecule is CCNC(c1cc2cc(C)ccc2o1)C(C)C. The van der Waals surface area contributed by atoms with Crippen LogP contribution in [0.5, 0.6) is 0 Å². The van der Waals surface area contributed by atoms with Gasteiger partial charge in [-0.2, -0.15) is 0 Å². The Morgan fingerprint density at radius 3 is 2.65 bits per heavy atom. The molecule has 0 amide bonds. The maximum Gasteiger partial charge on any atom is 0.134 e. The molecular weight excluding hydrogens is 210 g/mol. The smallest absolute Gasteiger partial charge is 0.134 e. The Labute approximate surface area is 103 Å². The minimum atomic E-state index is 0.299. The van der Waals surface area contributed by atoms with Gasteiger partial charge in [-0.1, -0.05) is 32.4 Å². The summed E-state index contributed by atoms with van der Waals surface area (Å²) in [4.78, 5) is 0. The molecule has 92 valence electrons. The van der Waals surface area contributed by atoms with Crippen LogP contribution in [0.25, 0.3) is 11.0 Å². The molecular formula is C15H21NO. The molecule has 0 bridgehead atoms. The zero-order valence-corrected chi connectivity index (χ0v) is 11.1. The molecule has 0 radical (unpaired) electrons. The van der Waals surface area contributed by atoms with Crippen molar-refractivity contribution in [2.24, 2.45) is 5.92 Å². The number of fused-ring (bicyclic) bond motifs is 1. The van der Waals surface area contributed by atoms with Crippen molar-refractivity contribution in [2.75, 3.05) is 6.54 Å². The molecule has 2 rings (SSSR count). The lowest BCUT2D eigenvalue weighted by atomic mass is 10.0. The number of furan rings is 1. The number of hydrogen-bond donors (Lipinski definition) is 1. The fourth-order valence-electron chi connectivity index (χ4n) is 2.22. The van der Waals surface area contributed by atoms with Gasteiger partial charge < -0.3 is 9.73 Å². The van der Waals surface area contributed by atoms with Crippen molar-refractivity contribution in [3.8, 4) is 0 Å². The van der Waals surface area contributed by atoms with Gasteiger partial charge in [0, 0.05) is 5.39 Å². The molecule has 1 heterocycles. The summed E-state index contributed by atoms with van der Waals surface area (Å²) >= 11 is 0. The second-order valence-electron chi connectivity index (χ2n) is 4.97. The Hall–Kier alpha value is -1.28. The van der Waals surface area contributed by atoms with Gasteiger partial charge in [0.25, 0.3) is 0 Å². The van der Waals surface area contributed by atoms with Gasteiger partial charge in [0.15, 0.2) is 0 Å². The molecule has 1 aromatic heterocycles. The number of nitrogens with one attached hydrogen (secondary N) is 1. The van der Waals surface area contributed by atoms with E-state index in [1.165, 1.54) is 10.9 Å². The highest BCUT2D eigenvalue weighted by atomic mass is 16.3. The van der Waals surface area contributed by atoms with E-state index in [-0.39, 0.29) is 0 Å². The summed E-state index contributed by atoms with van der Waals surface area (Å²) in [5, 5.41) is 4.68. The molecule has 1 aromatic carbocycles. The van der Waals surface area contributed by atoms with Crippen molar-refractivity contribution >= 4 is 11.0 Å². The summed E-state index contributed by atoms with van der Waals surface area (Å²) in [6, 6.07) is 8.78. The van der Waals surface area contributed by atoms with Crippen molar-refractivity contribution < 1.29 is 4.42 Å². The van der Waals surface area contributed by atoms with E-state index in [1.54, 1.807) is 0 Å². The van der Waals surface area contributed by atoms with Gasteiger partial charge in [-0.05, 0) is 37.6 Å². The molecule has 0 aliphatic heterocycles. The number of hydrogen-bond acceptors (Lipinski definition) is 2. The minimum absolute atomic E-state index is 0.299. The molecule has 0 saturated carbocycles. The lowest BCUT2D eigenvalue weighted by molar-refractivity contribution is 0.357. The fraction of sp³-hybridized carbons (Fsp3) is 0.467. The molecule has 0 saturated heterocycles. The van der Waals surface area contributed by atoms with Gasteiger partial charge in [-0.25, -0.2) is 0 Å². The Kier molecular flexibility index (Phi) is 3.53. The van der Waals surface area contributed by atoms with Crippen molar-refractivity contribution in [3.05, 3.63) is 35.6 Å². The van der Waals surface area contributed by atoms with E-state index < -0.39 is 0 Å². The summed E-state index contributed by atoms with van der Waals surface area (Å²) in [6.07, 6.45) is 0. The van der Waals surface area contributed by atoms with E-state index in [0.29, 0.717) is 12.0 Å². The maximum atomic E-state index is 5.94. The van der Waals surface area contributed by atoms with Gasteiger partial charge >= 0.3 is 0 Å². The van der Waals surface area contributed by atoms with Crippen molar-refractivity contribution in [2.45, 2.75) is 33.7 Å². The second-order valence-corrected chi connectivity index (χ2v) is 4.97. The van der Waals surface area contributed by atoms with E-state index >= 15 is 0 Å². The molecule has 1 N–H and O–H groups in total. The predicted molar refractivity (Wildman–Crippen MR) is 72.2 cm³/mol. The average Bonchev–Trinajstić information content (AvgIpc) is 2.67. The molecule has 1 unspecified atom stereocenters. The van der Waals surface area contributed by atoms with E-state index in [1.807, 2.05) is 0 Å². The lowest BCUT2D eigenvalue weighted by Gasteiger charge is -2.18. The zero-order chi connectivity index (χ0) is 12.4. The standard InChI is InChI=1S/C15H21NO/c1-5-16-15(10(2)3)14-9-12-8-11(4)6-7-13(12)17-14/h6-10,15-16H,5H2,1-4H3. The first-order valence-electron chi connectivity index (χ1n) is 6.35. The third-order valence-corrected chi connectivity index (χ3v) is 3.09. The molecule has 2 nitrogen and oxygen atoms in total. The highest BCUT2D eigenvalue weighted by Gasteiger charge is 2.18. The summed E-state index contributed by atoms with van der Waals surface area (Å²) in [5.74, 6) is 1.57. The predicted octanol–water partition coefficient (Wildman–Crippen LogP) is 4.05. The Morgan fingerprint density at radius 2 is 2.00 bits per heavy atom. The van der Waals surface area contributed by atoms with Gasteiger partial charge in [-0.15, -0.1) is 0 Å². The topological polar surface area (TPSA) is 25.2 Å². The van der Waals surface area contributed by atoms with Crippen LogP contribution >= 0.6 is 0 Å². The molecule has 1 atom stereocenters. The van der Waals surface area contributed by atoms with E-state index in [9.17, 15) is 0 Å². The highest BCUT2D eigenvalue weighted by molar-refractivity contribution is 5.78. The van der Waals surface area contributed by atoms with E-state index in [0.717, 1.165) is 17.9 Å². The largest absolute Gasteiger partial charge is 0.459 e. The number of benzene rings is 1. The van der Waals surface area contributed by atoms with Crippen LogP contribution < -0.4 is 5.32 Å². The maximum absolute atomic E-state index is 5.94. The highest BCUT2D eigenvalue weighted by Crippen LogP contribution is 2.28. The van der Waals surface area contributed by atoms with Crippen LogP contribution in [0.15, 0.2) is 28.7 Å². The van der Waals surface area contributed by atoms with Gasteiger partial charge in [0.1, 0.15) is 11.3 Å².